The predicted molar refractivity (Wildman–Crippen MR) is 128 cm³/mol. The maximum atomic E-state index is 13.2. The minimum Gasteiger partial charge on any atom is -0.507 e. The smallest absolute Gasteiger partial charge is 0.296 e. The Bertz CT molecular complexity index is 1430. The molecule has 170 valence electrons. The number of benzene rings is 3. The lowest BCUT2D eigenvalue weighted by molar-refractivity contribution is -0.140. The second kappa shape index (κ2) is 8.56. The number of ether oxygens (including phenoxy) is 1. The highest BCUT2D eigenvalue weighted by Crippen LogP contribution is 2.41. The SMILES string of the molecule is COc1ccc(CN2C(=O)C(=O)/C(=C(\O)c3ccc4ccccc4c3)C2c2ccc(C)o2)cc1. The van der Waals surface area contributed by atoms with Crippen molar-refractivity contribution in [2.75, 3.05) is 7.11 Å². The van der Waals surface area contributed by atoms with Crippen LogP contribution in [-0.2, 0) is 16.1 Å². The van der Waals surface area contributed by atoms with Crippen LogP contribution in [0.25, 0.3) is 16.5 Å². The molecule has 1 aromatic heterocycles. The number of furan rings is 1. The van der Waals surface area contributed by atoms with Gasteiger partial charge in [0.1, 0.15) is 29.1 Å². The Hall–Kier alpha value is -4.32. The summed E-state index contributed by atoms with van der Waals surface area (Å²) in [5.41, 5.74) is 1.30. The maximum absolute atomic E-state index is 13.2. The Morgan fingerprint density at radius 3 is 2.38 bits per heavy atom. The summed E-state index contributed by atoms with van der Waals surface area (Å²) in [5, 5.41) is 13.2. The molecule has 1 amide bonds. The molecule has 0 radical (unpaired) electrons. The van der Waals surface area contributed by atoms with Gasteiger partial charge in [-0.3, -0.25) is 9.59 Å². The minimum atomic E-state index is -0.845. The van der Waals surface area contributed by atoms with E-state index < -0.39 is 17.7 Å². The molecule has 0 spiro atoms. The van der Waals surface area contributed by atoms with Gasteiger partial charge in [-0.1, -0.05) is 48.5 Å². The van der Waals surface area contributed by atoms with E-state index in [9.17, 15) is 14.7 Å². The van der Waals surface area contributed by atoms with Crippen LogP contribution < -0.4 is 4.74 Å². The molecule has 1 aliphatic rings. The van der Waals surface area contributed by atoms with E-state index in [1.54, 1.807) is 44.4 Å². The summed E-state index contributed by atoms with van der Waals surface area (Å²) in [6.45, 7) is 1.97. The van der Waals surface area contributed by atoms with E-state index in [2.05, 4.69) is 0 Å². The van der Waals surface area contributed by atoms with Crippen molar-refractivity contribution >= 4 is 28.2 Å². The number of methoxy groups -OCH3 is 1. The molecule has 5 rings (SSSR count). The van der Waals surface area contributed by atoms with E-state index in [1.807, 2.05) is 48.5 Å². The van der Waals surface area contributed by atoms with Gasteiger partial charge in [0, 0.05) is 12.1 Å². The molecule has 6 nitrogen and oxygen atoms in total. The van der Waals surface area contributed by atoms with E-state index in [-0.39, 0.29) is 17.9 Å². The van der Waals surface area contributed by atoms with Gasteiger partial charge < -0.3 is 19.2 Å². The standard InChI is InChI=1S/C28H23NO5/c1-17-7-14-23(34-17)25-24(26(30)21-11-10-19-5-3-4-6-20(19)15-21)27(31)28(32)29(25)16-18-8-12-22(33-2)13-9-18/h3-15,25,30H,16H2,1-2H3/b26-24-. The first kappa shape index (κ1) is 21.5. The molecule has 1 unspecified atom stereocenters. The van der Waals surface area contributed by atoms with Gasteiger partial charge in [-0.25, -0.2) is 0 Å². The van der Waals surface area contributed by atoms with Gasteiger partial charge in [0.05, 0.1) is 12.7 Å². The third-order valence-corrected chi connectivity index (χ3v) is 6.11. The number of hydrogen-bond acceptors (Lipinski definition) is 5. The number of likely N-dealkylation sites (tertiary alicyclic amines) is 1. The van der Waals surface area contributed by atoms with Gasteiger partial charge in [0.25, 0.3) is 11.7 Å². The van der Waals surface area contributed by atoms with Crippen molar-refractivity contribution < 1.29 is 23.8 Å². The normalized spacial score (nSPS) is 17.5. The average molecular weight is 453 g/mol. The number of fused-ring (bicyclic) bond motifs is 1. The third kappa shape index (κ3) is 3.73. The van der Waals surface area contributed by atoms with Gasteiger partial charge >= 0.3 is 0 Å². The molecule has 0 aliphatic carbocycles. The summed E-state index contributed by atoms with van der Waals surface area (Å²) in [7, 11) is 1.58. The monoisotopic (exact) mass is 453 g/mol. The molecule has 0 saturated carbocycles. The highest BCUT2D eigenvalue weighted by Gasteiger charge is 2.47. The quantitative estimate of drug-likeness (QED) is 0.250. The molecule has 1 N–H and O–H groups in total. The Morgan fingerprint density at radius 1 is 0.971 bits per heavy atom. The Labute approximate surface area is 196 Å². The zero-order valence-electron chi connectivity index (χ0n) is 18.8. The number of carbonyl (C=O) groups excluding carboxylic acids is 2. The Morgan fingerprint density at radius 2 is 1.71 bits per heavy atom. The van der Waals surface area contributed by atoms with Crippen LogP contribution in [-0.4, -0.2) is 28.8 Å². The fourth-order valence-electron chi connectivity index (χ4n) is 4.36. The van der Waals surface area contributed by atoms with E-state index in [1.165, 1.54) is 4.90 Å². The zero-order chi connectivity index (χ0) is 23.8. The lowest BCUT2D eigenvalue weighted by Crippen LogP contribution is -2.29. The molecular formula is C28H23NO5. The number of Topliss-reactive ketones (excluding diaryl/α,β-unsaturated/α-hetero) is 1. The summed E-state index contributed by atoms with van der Waals surface area (Å²) >= 11 is 0. The molecule has 1 aliphatic heterocycles. The fourth-order valence-corrected chi connectivity index (χ4v) is 4.36. The zero-order valence-corrected chi connectivity index (χ0v) is 18.8. The van der Waals surface area contributed by atoms with E-state index >= 15 is 0 Å². The Kier molecular flexibility index (Phi) is 5.42. The highest BCUT2D eigenvalue weighted by molar-refractivity contribution is 6.46. The van der Waals surface area contributed by atoms with Crippen molar-refractivity contribution in [2.24, 2.45) is 0 Å². The number of aliphatic hydroxyl groups excluding tert-OH is 1. The van der Waals surface area contributed by atoms with Crippen LogP contribution in [0.3, 0.4) is 0 Å². The third-order valence-electron chi connectivity index (χ3n) is 6.11. The molecule has 3 aromatic carbocycles. The van der Waals surface area contributed by atoms with Crippen molar-refractivity contribution in [3.05, 3.63) is 107 Å². The molecule has 2 heterocycles. The first-order valence-electron chi connectivity index (χ1n) is 10.9. The van der Waals surface area contributed by atoms with Crippen LogP contribution in [0.5, 0.6) is 5.75 Å². The summed E-state index contributed by atoms with van der Waals surface area (Å²) in [6.07, 6.45) is 0. The number of aryl methyl sites for hydroxylation is 1. The highest BCUT2D eigenvalue weighted by atomic mass is 16.5. The fraction of sp³-hybridized carbons (Fsp3) is 0.143. The number of carbonyl (C=O) groups is 2. The first-order valence-corrected chi connectivity index (χ1v) is 10.9. The largest absolute Gasteiger partial charge is 0.507 e. The van der Waals surface area contributed by atoms with Gasteiger partial charge in [-0.2, -0.15) is 0 Å². The number of nitrogens with zero attached hydrogens (tertiary/aromatic N) is 1. The van der Waals surface area contributed by atoms with Crippen LogP contribution in [0, 0.1) is 6.92 Å². The van der Waals surface area contributed by atoms with Crippen molar-refractivity contribution in [3.63, 3.8) is 0 Å². The number of hydrogen-bond donors (Lipinski definition) is 1. The van der Waals surface area contributed by atoms with Gasteiger partial charge in [-0.15, -0.1) is 0 Å². The van der Waals surface area contributed by atoms with Crippen LogP contribution in [0.15, 0.2) is 88.9 Å². The summed E-state index contributed by atoms with van der Waals surface area (Å²) in [5.74, 6) is 0.124. The van der Waals surface area contributed by atoms with Crippen LogP contribution in [0.1, 0.15) is 28.7 Å². The second-order valence-electron chi connectivity index (χ2n) is 8.29. The Balaban J connectivity index is 1.62. The number of rotatable bonds is 5. The lowest BCUT2D eigenvalue weighted by Gasteiger charge is -2.23. The first-order chi connectivity index (χ1) is 16.5. The predicted octanol–water partition coefficient (Wildman–Crippen LogP) is 5.37. The van der Waals surface area contributed by atoms with Crippen molar-refractivity contribution in [2.45, 2.75) is 19.5 Å². The summed E-state index contributed by atoms with van der Waals surface area (Å²) < 4.78 is 11.1. The van der Waals surface area contributed by atoms with Crippen LogP contribution in [0.4, 0.5) is 0 Å². The molecule has 1 fully saturated rings. The van der Waals surface area contributed by atoms with Crippen LogP contribution in [0.2, 0.25) is 0 Å². The molecule has 1 saturated heterocycles. The molecule has 34 heavy (non-hydrogen) atoms. The molecule has 4 aromatic rings. The van der Waals surface area contributed by atoms with E-state index in [0.29, 0.717) is 22.8 Å². The van der Waals surface area contributed by atoms with Crippen molar-refractivity contribution in [1.29, 1.82) is 0 Å². The maximum Gasteiger partial charge on any atom is 0.296 e. The summed E-state index contributed by atoms with van der Waals surface area (Å²) in [4.78, 5) is 27.8. The number of aliphatic hydroxyl groups is 1. The van der Waals surface area contributed by atoms with Crippen molar-refractivity contribution in [3.8, 4) is 5.75 Å². The van der Waals surface area contributed by atoms with Crippen LogP contribution >= 0.6 is 0 Å². The summed E-state index contributed by atoms with van der Waals surface area (Å²) in [6, 6.07) is 23.1. The van der Waals surface area contributed by atoms with E-state index in [0.717, 1.165) is 16.3 Å². The van der Waals surface area contributed by atoms with Gasteiger partial charge in [0.2, 0.25) is 0 Å². The average Bonchev–Trinajstić information content (AvgIpc) is 3.40. The lowest BCUT2D eigenvalue weighted by atomic mass is 9.97. The molecule has 6 heteroatoms. The topological polar surface area (TPSA) is 80.0 Å². The second-order valence-corrected chi connectivity index (χ2v) is 8.29. The number of amides is 1. The molecule has 1 atom stereocenters. The van der Waals surface area contributed by atoms with Gasteiger partial charge in [0.15, 0.2) is 0 Å². The molecular weight excluding hydrogens is 430 g/mol. The minimum absolute atomic E-state index is 0.0168. The van der Waals surface area contributed by atoms with Gasteiger partial charge in [-0.05, 0) is 53.6 Å². The molecule has 0 bridgehead atoms. The number of ketones is 1. The van der Waals surface area contributed by atoms with Crippen molar-refractivity contribution in [1.82, 2.24) is 4.90 Å². The van der Waals surface area contributed by atoms with E-state index in [4.69, 9.17) is 9.15 Å².